The number of fused-ring (bicyclic) bond motifs is 3. The van der Waals surface area contributed by atoms with Crippen LogP contribution in [-0.4, -0.2) is 16.1 Å². The van der Waals surface area contributed by atoms with Crippen LogP contribution in [0.25, 0.3) is 21.8 Å². The number of hydrogen-bond donors (Lipinski definition) is 1. The normalized spacial score (nSPS) is 11.5. The number of nitrogens with zero attached hydrogens (tertiary/aromatic N) is 2. The number of non-ortho nitro benzene ring substituents is 1. The second kappa shape index (κ2) is 5.62. The third-order valence-corrected chi connectivity index (χ3v) is 3.96. The fourth-order valence-electron chi connectivity index (χ4n) is 2.75. The van der Waals surface area contributed by atoms with E-state index in [-0.39, 0.29) is 5.69 Å². The monoisotopic (exact) mass is 315 g/mol. The van der Waals surface area contributed by atoms with Crippen LogP contribution in [0, 0.1) is 10.1 Å². The van der Waals surface area contributed by atoms with E-state index in [0.717, 1.165) is 27.7 Å². The Morgan fingerprint density at radius 1 is 0.917 bits per heavy atom. The van der Waals surface area contributed by atoms with Gasteiger partial charge in [0.05, 0.1) is 10.6 Å². The zero-order valence-electron chi connectivity index (χ0n) is 12.6. The molecule has 0 unspecified atom stereocenters. The Morgan fingerprint density at radius 2 is 1.67 bits per heavy atom. The molecule has 0 fully saturated rings. The lowest BCUT2D eigenvalue weighted by Gasteiger charge is -1.96. The Balaban J connectivity index is 1.68. The number of benzene rings is 3. The molecule has 0 bridgehead atoms. The summed E-state index contributed by atoms with van der Waals surface area (Å²) in [6.45, 7) is 0. The highest BCUT2D eigenvalue weighted by molar-refractivity contribution is 6.08. The highest BCUT2D eigenvalue weighted by atomic mass is 16.6. The van der Waals surface area contributed by atoms with Gasteiger partial charge in [0.1, 0.15) is 0 Å². The molecule has 0 aliphatic carbocycles. The summed E-state index contributed by atoms with van der Waals surface area (Å²) in [7, 11) is 0. The number of H-pyrrole nitrogens is 1. The van der Waals surface area contributed by atoms with Gasteiger partial charge in [-0.05, 0) is 42.0 Å². The lowest BCUT2D eigenvalue weighted by molar-refractivity contribution is -0.384. The molecule has 4 rings (SSSR count). The van der Waals surface area contributed by atoms with Crippen molar-refractivity contribution in [3.63, 3.8) is 0 Å². The van der Waals surface area contributed by atoms with Crippen molar-refractivity contribution in [2.24, 2.45) is 4.99 Å². The van der Waals surface area contributed by atoms with E-state index in [1.54, 1.807) is 18.3 Å². The van der Waals surface area contributed by atoms with Gasteiger partial charge in [0.25, 0.3) is 5.69 Å². The van der Waals surface area contributed by atoms with E-state index in [1.807, 2.05) is 30.3 Å². The molecule has 0 radical (unpaired) electrons. The highest BCUT2D eigenvalue weighted by Gasteiger charge is 2.04. The van der Waals surface area contributed by atoms with Crippen molar-refractivity contribution in [1.82, 2.24) is 4.98 Å². The van der Waals surface area contributed by atoms with Crippen LogP contribution in [0.5, 0.6) is 0 Å². The summed E-state index contributed by atoms with van der Waals surface area (Å²) in [5.41, 5.74) is 3.91. The number of nitro benzene ring substituents is 1. The number of nitrogens with one attached hydrogen (secondary N) is 1. The molecule has 5 heteroatoms. The summed E-state index contributed by atoms with van der Waals surface area (Å²) in [5.74, 6) is 0. The topological polar surface area (TPSA) is 71.3 Å². The Labute approximate surface area is 137 Å². The molecular formula is C19H13N3O2. The summed E-state index contributed by atoms with van der Waals surface area (Å²) in [6.07, 6.45) is 1.71. The molecule has 0 atom stereocenters. The zero-order chi connectivity index (χ0) is 16.5. The van der Waals surface area contributed by atoms with Gasteiger partial charge in [0, 0.05) is 40.2 Å². The van der Waals surface area contributed by atoms with Crippen LogP contribution in [-0.2, 0) is 0 Å². The summed E-state index contributed by atoms with van der Waals surface area (Å²) < 4.78 is 0. The summed E-state index contributed by atoms with van der Waals surface area (Å²) in [6, 6.07) is 20.5. The highest BCUT2D eigenvalue weighted by Crippen LogP contribution is 2.28. The average Bonchev–Trinajstić information content (AvgIpc) is 2.98. The molecule has 5 nitrogen and oxygen atoms in total. The lowest BCUT2D eigenvalue weighted by Crippen LogP contribution is -1.88. The molecule has 0 saturated heterocycles. The van der Waals surface area contributed by atoms with Gasteiger partial charge in [0.15, 0.2) is 0 Å². The molecule has 1 heterocycles. The first-order valence-corrected chi connectivity index (χ1v) is 7.50. The maximum absolute atomic E-state index is 10.7. The molecule has 0 aliphatic heterocycles. The fraction of sp³-hybridized carbons (Fsp3) is 0. The SMILES string of the molecule is O=[N+]([O-])c1ccc(/C=N/c2ccc3[nH]c4ccccc4c3c2)cc1. The molecule has 4 aromatic rings. The van der Waals surface area contributed by atoms with Gasteiger partial charge in [-0.15, -0.1) is 0 Å². The Bertz CT molecular complexity index is 1080. The number of rotatable bonds is 3. The van der Waals surface area contributed by atoms with E-state index in [4.69, 9.17) is 0 Å². The second-order valence-electron chi connectivity index (χ2n) is 5.51. The summed E-state index contributed by atoms with van der Waals surface area (Å²) in [5, 5.41) is 13.0. The number of hydrogen-bond acceptors (Lipinski definition) is 3. The first-order chi connectivity index (χ1) is 11.7. The molecule has 0 spiro atoms. The van der Waals surface area contributed by atoms with E-state index in [1.165, 1.54) is 17.5 Å². The van der Waals surface area contributed by atoms with E-state index < -0.39 is 4.92 Å². The molecule has 0 aliphatic rings. The number of aliphatic imine (C=N–C) groups is 1. The maximum Gasteiger partial charge on any atom is 0.269 e. The van der Waals surface area contributed by atoms with E-state index in [0.29, 0.717) is 0 Å². The van der Waals surface area contributed by atoms with Crippen molar-refractivity contribution >= 4 is 39.4 Å². The van der Waals surface area contributed by atoms with Crippen LogP contribution in [0.4, 0.5) is 11.4 Å². The van der Waals surface area contributed by atoms with Crippen LogP contribution >= 0.6 is 0 Å². The van der Waals surface area contributed by atoms with Gasteiger partial charge in [-0.25, -0.2) is 0 Å². The molecule has 1 aromatic heterocycles. The minimum atomic E-state index is -0.411. The van der Waals surface area contributed by atoms with Crippen LogP contribution in [0.15, 0.2) is 71.7 Å². The number of nitro groups is 1. The number of aromatic amines is 1. The summed E-state index contributed by atoms with van der Waals surface area (Å²) >= 11 is 0. The Kier molecular flexibility index (Phi) is 3.31. The van der Waals surface area contributed by atoms with E-state index >= 15 is 0 Å². The molecule has 0 saturated carbocycles. The number of aromatic nitrogens is 1. The minimum Gasteiger partial charge on any atom is -0.355 e. The quantitative estimate of drug-likeness (QED) is 0.329. The van der Waals surface area contributed by atoms with E-state index in [9.17, 15) is 10.1 Å². The van der Waals surface area contributed by atoms with Gasteiger partial charge in [-0.1, -0.05) is 18.2 Å². The van der Waals surface area contributed by atoms with E-state index in [2.05, 4.69) is 22.1 Å². The van der Waals surface area contributed by atoms with Crippen molar-refractivity contribution in [1.29, 1.82) is 0 Å². The third-order valence-electron chi connectivity index (χ3n) is 3.96. The van der Waals surface area contributed by atoms with Crippen molar-refractivity contribution in [3.05, 3.63) is 82.4 Å². The van der Waals surface area contributed by atoms with Crippen LogP contribution < -0.4 is 0 Å². The Hall–Kier alpha value is -3.47. The van der Waals surface area contributed by atoms with Gasteiger partial charge < -0.3 is 4.98 Å². The Morgan fingerprint density at radius 3 is 2.46 bits per heavy atom. The first kappa shape index (κ1) is 14.1. The van der Waals surface area contributed by atoms with Gasteiger partial charge in [-0.2, -0.15) is 0 Å². The molecule has 0 amide bonds. The fourth-order valence-corrected chi connectivity index (χ4v) is 2.75. The molecule has 3 aromatic carbocycles. The van der Waals surface area contributed by atoms with Crippen molar-refractivity contribution in [2.75, 3.05) is 0 Å². The molecule has 24 heavy (non-hydrogen) atoms. The lowest BCUT2D eigenvalue weighted by atomic mass is 10.1. The van der Waals surface area contributed by atoms with Crippen molar-refractivity contribution in [2.45, 2.75) is 0 Å². The molecule has 1 N–H and O–H groups in total. The minimum absolute atomic E-state index is 0.0763. The van der Waals surface area contributed by atoms with Gasteiger partial charge >= 0.3 is 0 Å². The average molecular weight is 315 g/mol. The van der Waals surface area contributed by atoms with Crippen molar-refractivity contribution in [3.8, 4) is 0 Å². The molecular weight excluding hydrogens is 302 g/mol. The third kappa shape index (κ3) is 2.52. The maximum atomic E-state index is 10.7. The predicted molar refractivity (Wildman–Crippen MR) is 96.2 cm³/mol. The van der Waals surface area contributed by atoms with Crippen LogP contribution in [0.2, 0.25) is 0 Å². The van der Waals surface area contributed by atoms with Gasteiger partial charge in [0.2, 0.25) is 0 Å². The van der Waals surface area contributed by atoms with Crippen LogP contribution in [0.3, 0.4) is 0 Å². The summed E-state index contributed by atoms with van der Waals surface area (Å²) in [4.78, 5) is 18.1. The van der Waals surface area contributed by atoms with Crippen LogP contribution in [0.1, 0.15) is 5.56 Å². The smallest absolute Gasteiger partial charge is 0.269 e. The molecule has 116 valence electrons. The second-order valence-corrected chi connectivity index (χ2v) is 5.51. The van der Waals surface area contributed by atoms with Crippen molar-refractivity contribution < 1.29 is 4.92 Å². The standard InChI is InChI=1S/C19H13N3O2/c23-22(24)15-8-5-13(6-9-15)12-20-14-7-10-19-17(11-14)16-3-1-2-4-18(16)21-19/h1-12,21H/b20-12+. The predicted octanol–water partition coefficient (Wildman–Crippen LogP) is 4.98. The first-order valence-electron chi connectivity index (χ1n) is 7.50. The zero-order valence-corrected chi connectivity index (χ0v) is 12.6. The number of para-hydroxylation sites is 1. The largest absolute Gasteiger partial charge is 0.355 e. The van der Waals surface area contributed by atoms with Gasteiger partial charge in [-0.3, -0.25) is 15.1 Å².